The van der Waals surface area contributed by atoms with Crippen molar-refractivity contribution in [3.8, 4) is 0 Å². The SMILES string of the molecule is CCCNC(=O)c1ccc(NC(=O)CCC(C)N)cc1Cl. The molecule has 5 nitrogen and oxygen atoms in total. The van der Waals surface area contributed by atoms with Gasteiger partial charge in [0, 0.05) is 24.7 Å². The van der Waals surface area contributed by atoms with Gasteiger partial charge in [-0.1, -0.05) is 18.5 Å². The number of halogens is 1. The van der Waals surface area contributed by atoms with Crippen LogP contribution in [0.1, 0.15) is 43.5 Å². The van der Waals surface area contributed by atoms with Crippen molar-refractivity contribution in [3.63, 3.8) is 0 Å². The third-order valence-corrected chi connectivity index (χ3v) is 3.17. The number of hydrogen-bond donors (Lipinski definition) is 3. The minimum absolute atomic E-state index is 0.0102. The molecular weight excluding hydrogens is 290 g/mol. The molecule has 116 valence electrons. The molecule has 1 rings (SSSR count). The van der Waals surface area contributed by atoms with Crippen LogP contribution in [-0.4, -0.2) is 24.4 Å². The molecule has 1 unspecified atom stereocenters. The number of hydrogen-bond acceptors (Lipinski definition) is 3. The lowest BCUT2D eigenvalue weighted by Gasteiger charge is -2.10. The Kier molecular flexibility index (Phi) is 7.19. The predicted octanol–water partition coefficient (Wildman–Crippen LogP) is 2.55. The first-order chi connectivity index (χ1) is 9.93. The molecule has 1 atom stereocenters. The Balaban J connectivity index is 2.65. The second-order valence-corrected chi connectivity index (χ2v) is 5.42. The Hall–Kier alpha value is -1.59. The smallest absolute Gasteiger partial charge is 0.252 e. The first kappa shape index (κ1) is 17.5. The van der Waals surface area contributed by atoms with E-state index in [1.54, 1.807) is 18.2 Å². The van der Waals surface area contributed by atoms with Crippen LogP contribution in [0.3, 0.4) is 0 Å². The molecule has 0 saturated heterocycles. The fraction of sp³-hybridized carbons (Fsp3) is 0.467. The second-order valence-electron chi connectivity index (χ2n) is 5.01. The molecule has 1 aromatic carbocycles. The Morgan fingerprint density at radius 3 is 2.67 bits per heavy atom. The summed E-state index contributed by atoms with van der Waals surface area (Å²) < 4.78 is 0. The monoisotopic (exact) mass is 311 g/mol. The van der Waals surface area contributed by atoms with E-state index in [1.807, 2.05) is 13.8 Å². The van der Waals surface area contributed by atoms with E-state index in [0.717, 1.165) is 6.42 Å². The van der Waals surface area contributed by atoms with Crippen LogP contribution in [0.5, 0.6) is 0 Å². The summed E-state index contributed by atoms with van der Waals surface area (Å²) >= 11 is 6.08. The molecule has 0 aliphatic carbocycles. The summed E-state index contributed by atoms with van der Waals surface area (Å²) in [5.41, 5.74) is 6.58. The normalized spacial score (nSPS) is 11.8. The van der Waals surface area contributed by atoms with E-state index in [9.17, 15) is 9.59 Å². The molecule has 0 bridgehead atoms. The van der Waals surface area contributed by atoms with E-state index in [0.29, 0.717) is 35.7 Å². The summed E-state index contributed by atoms with van der Waals surface area (Å²) in [5.74, 6) is -0.330. The van der Waals surface area contributed by atoms with Crippen LogP contribution >= 0.6 is 11.6 Å². The maximum atomic E-state index is 11.8. The molecule has 4 N–H and O–H groups in total. The average molecular weight is 312 g/mol. The Bertz CT molecular complexity index is 504. The van der Waals surface area contributed by atoms with E-state index in [4.69, 9.17) is 17.3 Å². The Morgan fingerprint density at radius 2 is 2.10 bits per heavy atom. The highest BCUT2D eigenvalue weighted by molar-refractivity contribution is 6.34. The van der Waals surface area contributed by atoms with Crippen LogP contribution < -0.4 is 16.4 Å². The zero-order valence-corrected chi connectivity index (χ0v) is 13.2. The molecule has 0 aromatic heterocycles. The van der Waals surface area contributed by atoms with Crippen LogP contribution in [0.2, 0.25) is 5.02 Å². The topological polar surface area (TPSA) is 84.2 Å². The first-order valence-corrected chi connectivity index (χ1v) is 7.45. The Morgan fingerprint density at radius 1 is 1.38 bits per heavy atom. The van der Waals surface area contributed by atoms with Gasteiger partial charge in [0.15, 0.2) is 0 Å². The number of anilines is 1. The number of nitrogens with one attached hydrogen (secondary N) is 2. The van der Waals surface area contributed by atoms with Crippen molar-refractivity contribution in [2.45, 2.75) is 39.2 Å². The molecule has 0 aliphatic rings. The third-order valence-electron chi connectivity index (χ3n) is 2.86. The molecule has 6 heteroatoms. The van der Waals surface area contributed by atoms with Gasteiger partial charge in [-0.2, -0.15) is 0 Å². The molecule has 2 amide bonds. The lowest BCUT2D eigenvalue weighted by Crippen LogP contribution is -2.24. The molecule has 1 aromatic rings. The number of carbonyl (C=O) groups excluding carboxylic acids is 2. The van der Waals surface area contributed by atoms with Crippen molar-refractivity contribution in [3.05, 3.63) is 28.8 Å². The van der Waals surface area contributed by atoms with Crippen molar-refractivity contribution in [1.82, 2.24) is 5.32 Å². The fourth-order valence-electron chi connectivity index (χ4n) is 1.69. The van der Waals surface area contributed by atoms with Gasteiger partial charge in [-0.05, 0) is 38.0 Å². The minimum atomic E-state index is -0.211. The third kappa shape index (κ3) is 6.14. The number of carbonyl (C=O) groups is 2. The van der Waals surface area contributed by atoms with Crippen molar-refractivity contribution in [2.75, 3.05) is 11.9 Å². The van der Waals surface area contributed by atoms with Gasteiger partial charge >= 0.3 is 0 Å². The van der Waals surface area contributed by atoms with Gasteiger partial charge in [0.1, 0.15) is 0 Å². The van der Waals surface area contributed by atoms with Crippen LogP contribution in [0.4, 0.5) is 5.69 Å². The van der Waals surface area contributed by atoms with E-state index < -0.39 is 0 Å². The highest BCUT2D eigenvalue weighted by atomic mass is 35.5. The maximum absolute atomic E-state index is 11.8. The summed E-state index contributed by atoms with van der Waals surface area (Å²) in [4.78, 5) is 23.5. The van der Waals surface area contributed by atoms with Gasteiger partial charge in [-0.15, -0.1) is 0 Å². The predicted molar refractivity (Wildman–Crippen MR) is 85.6 cm³/mol. The first-order valence-electron chi connectivity index (χ1n) is 7.07. The summed E-state index contributed by atoms with van der Waals surface area (Å²) in [5, 5.41) is 5.81. The van der Waals surface area contributed by atoms with E-state index in [1.165, 1.54) is 0 Å². The van der Waals surface area contributed by atoms with Gasteiger partial charge in [-0.25, -0.2) is 0 Å². The zero-order valence-electron chi connectivity index (χ0n) is 12.4. The molecular formula is C15H22ClN3O2. The summed E-state index contributed by atoms with van der Waals surface area (Å²) in [6.45, 7) is 4.43. The molecule has 0 radical (unpaired) electrons. The molecule has 0 aliphatic heterocycles. The highest BCUT2D eigenvalue weighted by Gasteiger charge is 2.11. The van der Waals surface area contributed by atoms with Crippen molar-refractivity contribution >= 4 is 29.1 Å². The fourth-order valence-corrected chi connectivity index (χ4v) is 1.96. The van der Waals surface area contributed by atoms with Crippen LogP contribution in [0.25, 0.3) is 0 Å². The number of amides is 2. The number of benzene rings is 1. The lowest BCUT2D eigenvalue weighted by molar-refractivity contribution is -0.116. The molecule has 0 heterocycles. The lowest BCUT2D eigenvalue weighted by atomic mass is 10.1. The second kappa shape index (κ2) is 8.64. The summed E-state index contributed by atoms with van der Waals surface area (Å²) in [6, 6.07) is 4.83. The van der Waals surface area contributed by atoms with Crippen molar-refractivity contribution in [1.29, 1.82) is 0 Å². The standard InChI is InChI=1S/C15H22ClN3O2/c1-3-8-18-15(21)12-6-5-11(9-13(12)16)19-14(20)7-4-10(2)17/h5-6,9-10H,3-4,7-8,17H2,1-2H3,(H,18,21)(H,19,20). The van der Waals surface area contributed by atoms with Gasteiger partial charge in [-0.3, -0.25) is 9.59 Å². The van der Waals surface area contributed by atoms with Crippen molar-refractivity contribution < 1.29 is 9.59 Å². The maximum Gasteiger partial charge on any atom is 0.252 e. The van der Waals surface area contributed by atoms with E-state index >= 15 is 0 Å². The summed E-state index contributed by atoms with van der Waals surface area (Å²) in [7, 11) is 0. The van der Waals surface area contributed by atoms with Crippen LogP contribution in [-0.2, 0) is 4.79 Å². The van der Waals surface area contributed by atoms with Gasteiger partial charge < -0.3 is 16.4 Å². The van der Waals surface area contributed by atoms with Gasteiger partial charge in [0.25, 0.3) is 5.91 Å². The zero-order chi connectivity index (χ0) is 15.8. The molecule has 21 heavy (non-hydrogen) atoms. The number of rotatable bonds is 7. The average Bonchev–Trinajstić information content (AvgIpc) is 2.42. The van der Waals surface area contributed by atoms with E-state index in [2.05, 4.69) is 10.6 Å². The van der Waals surface area contributed by atoms with Crippen LogP contribution in [0, 0.1) is 0 Å². The van der Waals surface area contributed by atoms with Crippen LogP contribution in [0.15, 0.2) is 18.2 Å². The van der Waals surface area contributed by atoms with E-state index in [-0.39, 0.29) is 17.9 Å². The number of nitrogens with two attached hydrogens (primary N) is 1. The molecule has 0 saturated carbocycles. The minimum Gasteiger partial charge on any atom is -0.352 e. The molecule has 0 fully saturated rings. The quantitative estimate of drug-likeness (QED) is 0.723. The largest absolute Gasteiger partial charge is 0.352 e. The highest BCUT2D eigenvalue weighted by Crippen LogP contribution is 2.21. The van der Waals surface area contributed by atoms with Gasteiger partial charge in [0.05, 0.1) is 10.6 Å². The molecule has 0 spiro atoms. The summed E-state index contributed by atoms with van der Waals surface area (Å²) in [6.07, 6.45) is 1.84. The van der Waals surface area contributed by atoms with Gasteiger partial charge in [0.2, 0.25) is 5.91 Å². The Labute approximate surface area is 130 Å². The van der Waals surface area contributed by atoms with Crippen molar-refractivity contribution in [2.24, 2.45) is 5.73 Å².